The number of nitrogens with one attached hydrogen (secondary N) is 1. The predicted octanol–water partition coefficient (Wildman–Crippen LogP) is 7.66. The third-order valence-corrected chi connectivity index (χ3v) is 8.39. The minimum atomic E-state index is -0.317. The van der Waals surface area contributed by atoms with Gasteiger partial charge in [0, 0.05) is 23.3 Å². The highest BCUT2D eigenvalue weighted by molar-refractivity contribution is 7.09. The second-order valence-corrected chi connectivity index (χ2v) is 11.8. The maximum atomic E-state index is 13.3. The van der Waals surface area contributed by atoms with E-state index in [2.05, 4.69) is 29.6 Å². The Balaban J connectivity index is 1.45. The summed E-state index contributed by atoms with van der Waals surface area (Å²) in [6.07, 6.45) is 10.6. The van der Waals surface area contributed by atoms with Crippen molar-refractivity contribution in [2.24, 2.45) is 5.92 Å². The predicted molar refractivity (Wildman–Crippen MR) is 169 cm³/mol. The fourth-order valence-electron chi connectivity index (χ4n) is 5.19. The van der Waals surface area contributed by atoms with Crippen LogP contribution in [-0.4, -0.2) is 30.1 Å². The molecule has 1 aliphatic carbocycles. The minimum absolute atomic E-state index is 0.0687. The topological polar surface area (TPSA) is 77.5 Å². The average molecular weight is 587 g/mol. The van der Waals surface area contributed by atoms with E-state index in [0.29, 0.717) is 25.2 Å². The van der Waals surface area contributed by atoms with Crippen LogP contribution >= 0.6 is 11.3 Å². The van der Waals surface area contributed by atoms with E-state index in [1.54, 1.807) is 25.2 Å². The van der Waals surface area contributed by atoms with Crippen LogP contribution in [0.25, 0.3) is 6.08 Å². The van der Waals surface area contributed by atoms with Crippen molar-refractivity contribution >= 4 is 29.3 Å². The lowest BCUT2D eigenvalue weighted by atomic mass is 9.88. The normalized spacial score (nSPS) is 15.2. The lowest BCUT2D eigenvalue weighted by molar-refractivity contribution is -0.138. The first kappa shape index (κ1) is 31.2. The van der Waals surface area contributed by atoms with Gasteiger partial charge in [-0.2, -0.15) is 0 Å². The van der Waals surface area contributed by atoms with Crippen molar-refractivity contribution in [2.45, 2.75) is 71.8 Å². The number of esters is 1. The van der Waals surface area contributed by atoms with Crippen LogP contribution in [0.4, 0.5) is 0 Å². The molecule has 0 radical (unpaired) electrons. The van der Waals surface area contributed by atoms with Crippen molar-refractivity contribution in [3.63, 3.8) is 0 Å². The number of amides is 1. The molecule has 6 nitrogen and oxygen atoms in total. The van der Waals surface area contributed by atoms with Gasteiger partial charge in [-0.25, -0.2) is 9.78 Å². The van der Waals surface area contributed by atoms with Gasteiger partial charge >= 0.3 is 5.97 Å². The Labute approximate surface area is 253 Å². The summed E-state index contributed by atoms with van der Waals surface area (Å²) >= 11 is 1.55. The fraction of sp³-hybridized carbons (Fsp3) is 0.400. The molecule has 0 bridgehead atoms. The number of allylic oxidation sites excluding steroid dienone is 2. The Morgan fingerprint density at radius 3 is 2.48 bits per heavy atom. The number of aromatic nitrogens is 1. The van der Waals surface area contributed by atoms with Crippen LogP contribution in [0.5, 0.6) is 5.75 Å². The number of nitrogens with zero attached hydrogens (tertiary/aromatic N) is 1. The molecule has 0 spiro atoms. The smallest absolute Gasteiger partial charge is 0.333 e. The van der Waals surface area contributed by atoms with Gasteiger partial charge in [0.15, 0.2) is 0 Å². The van der Waals surface area contributed by atoms with E-state index >= 15 is 0 Å². The molecule has 1 N–H and O–H groups in total. The van der Waals surface area contributed by atoms with Crippen LogP contribution in [0.15, 0.2) is 77.2 Å². The maximum absolute atomic E-state index is 13.3. The number of carbonyl (C=O) groups excluding carboxylic acids is 2. The first-order chi connectivity index (χ1) is 20.4. The molecule has 42 heavy (non-hydrogen) atoms. The second kappa shape index (κ2) is 16.1. The monoisotopic (exact) mass is 586 g/mol. The number of benzene rings is 2. The highest BCUT2D eigenvalue weighted by atomic mass is 32.1. The average Bonchev–Trinajstić information content (AvgIpc) is 3.47. The zero-order valence-electron chi connectivity index (χ0n) is 24.9. The zero-order valence-corrected chi connectivity index (χ0v) is 25.8. The molecule has 1 heterocycles. The standard InChI is InChI=1S/C35H42N2O4S/c1-4-40-35(39)26(3)21-25(2)22-30-24-42-34(36-30)32(37-33(38)29-13-9-6-10-14-29)23-28-15-17-31(18-16-28)41-20-19-27-11-7-5-8-12-27/h5,7-8,11-12,15-18,21-22,24,29,32H,4,6,9-10,13-14,19-20,23H2,1-3H3,(H,37,38)/t32-/m0/s1. The van der Waals surface area contributed by atoms with Crippen LogP contribution in [0.2, 0.25) is 0 Å². The Bertz CT molecular complexity index is 1360. The SMILES string of the molecule is CCOC(=O)C(C)=CC(C)=Cc1csc([C@H](Cc2ccc(OCCc3ccccc3)cc2)NC(=O)C2CCCCC2)n1. The van der Waals surface area contributed by atoms with Crippen molar-refractivity contribution in [3.05, 3.63) is 99.0 Å². The van der Waals surface area contributed by atoms with Crippen molar-refractivity contribution in [1.29, 1.82) is 0 Å². The number of rotatable bonds is 13. The number of carbonyl (C=O) groups is 2. The van der Waals surface area contributed by atoms with Crippen LogP contribution in [0.3, 0.4) is 0 Å². The van der Waals surface area contributed by atoms with Gasteiger partial charge in [0.25, 0.3) is 0 Å². The summed E-state index contributed by atoms with van der Waals surface area (Å²) in [5, 5.41) is 6.19. The molecule has 1 fully saturated rings. The summed E-state index contributed by atoms with van der Waals surface area (Å²) in [5.74, 6) is 0.708. The van der Waals surface area contributed by atoms with Crippen LogP contribution < -0.4 is 10.1 Å². The van der Waals surface area contributed by atoms with Gasteiger partial charge in [-0.3, -0.25) is 4.79 Å². The molecule has 7 heteroatoms. The van der Waals surface area contributed by atoms with Crippen molar-refractivity contribution < 1.29 is 19.1 Å². The Kier molecular flexibility index (Phi) is 11.9. The highest BCUT2D eigenvalue weighted by Crippen LogP contribution is 2.28. The molecule has 0 saturated heterocycles. The first-order valence-corrected chi connectivity index (χ1v) is 15.8. The van der Waals surface area contributed by atoms with Crippen LogP contribution in [-0.2, 0) is 27.2 Å². The summed E-state index contributed by atoms with van der Waals surface area (Å²) in [6, 6.07) is 18.2. The van der Waals surface area contributed by atoms with Gasteiger partial charge < -0.3 is 14.8 Å². The molecular weight excluding hydrogens is 544 g/mol. The molecule has 0 unspecified atom stereocenters. The lowest BCUT2D eigenvalue weighted by Gasteiger charge is -2.24. The van der Waals surface area contributed by atoms with Gasteiger partial charge in [-0.05, 0) is 81.0 Å². The Morgan fingerprint density at radius 1 is 1.02 bits per heavy atom. The second-order valence-electron chi connectivity index (χ2n) is 10.9. The molecule has 2 aromatic carbocycles. The first-order valence-electron chi connectivity index (χ1n) is 15.0. The van der Waals surface area contributed by atoms with Gasteiger partial charge in [-0.15, -0.1) is 11.3 Å². The van der Waals surface area contributed by atoms with Crippen molar-refractivity contribution in [2.75, 3.05) is 13.2 Å². The van der Waals surface area contributed by atoms with Gasteiger partial charge in [0.05, 0.1) is 24.9 Å². The van der Waals surface area contributed by atoms with E-state index in [9.17, 15) is 9.59 Å². The van der Waals surface area contributed by atoms with Crippen molar-refractivity contribution in [1.82, 2.24) is 10.3 Å². The molecule has 0 aliphatic heterocycles. The summed E-state index contributed by atoms with van der Waals surface area (Å²) in [7, 11) is 0. The third kappa shape index (κ3) is 9.69. The van der Waals surface area contributed by atoms with Crippen LogP contribution in [0, 0.1) is 5.92 Å². The molecule has 4 rings (SSSR count). The van der Waals surface area contributed by atoms with Crippen molar-refractivity contribution in [3.8, 4) is 5.75 Å². The summed E-state index contributed by atoms with van der Waals surface area (Å²) < 4.78 is 11.1. The number of thiazole rings is 1. The molecule has 222 valence electrons. The Morgan fingerprint density at radius 2 is 1.76 bits per heavy atom. The summed E-state index contributed by atoms with van der Waals surface area (Å²) in [5.41, 5.74) is 4.62. The maximum Gasteiger partial charge on any atom is 0.333 e. The fourth-order valence-corrected chi connectivity index (χ4v) is 6.02. The molecule has 3 aromatic rings. The van der Waals surface area contributed by atoms with Gasteiger partial charge in [-0.1, -0.05) is 61.7 Å². The van der Waals surface area contributed by atoms with Crippen LogP contribution in [0.1, 0.15) is 80.7 Å². The Hall–Kier alpha value is -3.71. The number of hydrogen-bond donors (Lipinski definition) is 1. The third-order valence-electron chi connectivity index (χ3n) is 7.41. The molecule has 1 aromatic heterocycles. The van der Waals surface area contributed by atoms with E-state index in [1.807, 2.05) is 54.8 Å². The van der Waals surface area contributed by atoms with E-state index in [0.717, 1.165) is 59.7 Å². The molecule has 1 atom stereocenters. The highest BCUT2D eigenvalue weighted by Gasteiger charge is 2.25. The molecular formula is C35H42N2O4S. The van der Waals surface area contributed by atoms with E-state index in [-0.39, 0.29) is 23.8 Å². The number of ether oxygens (including phenoxy) is 2. The van der Waals surface area contributed by atoms with E-state index < -0.39 is 0 Å². The zero-order chi connectivity index (χ0) is 29.7. The minimum Gasteiger partial charge on any atom is -0.493 e. The van der Waals surface area contributed by atoms with E-state index in [4.69, 9.17) is 14.5 Å². The quantitative estimate of drug-likeness (QED) is 0.126. The largest absolute Gasteiger partial charge is 0.493 e. The van der Waals surface area contributed by atoms with Gasteiger partial charge in [0.1, 0.15) is 10.8 Å². The molecule has 1 aliphatic rings. The molecule has 1 saturated carbocycles. The lowest BCUT2D eigenvalue weighted by Crippen LogP contribution is -2.35. The van der Waals surface area contributed by atoms with Gasteiger partial charge in [0.2, 0.25) is 5.91 Å². The van der Waals surface area contributed by atoms with E-state index in [1.165, 1.54) is 12.0 Å². The summed E-state index contributed by atoms with van der Waals surface area (Å²) in [4.78, 5) is 30.1. The molecule has 1 amide bonds. The number of hydrogen-bond acceptors (Lipinski definition) is 6. The summed E-state index contributed by atoms with van der Waals surface area (Å²) in [6.45, 7) is 6.45.